The Bertz CT molecular complexity index is 1490. The van der Waals surface area contributed by atoms with Crippen LogP contribution in [-0.2, 0) is 20.1 Å². The van der Waals surface area contributed by atoms with Gasteiger partial charge in [-0.1, -0.05) is 42.9 Å². The molecule has 0 spiro atoms. The van der Waals surface area contributed by atoms with Crippen LogP contribution in [0.4, 0.5) is 0 Å². The maximum absolute atomic E-state index is 8.04. The molecule has 5 aromatic rings. The van der Waals surface area contributed by atoms with Crippen LogP contribution in [0.25, 0.3) is 28.3 Å². The van der Waals surface area contributed by atoms with E-state index in [0.29, 0.717) is 0 Å². The minimum atomic E-state index is -2.48. The Balaban J connectivity index is 0.000000319. The molecule has 3 heterocycles. The van der Waals surface area contributed by atoms with Gasteiger partial charge in [0.25, 0.3) is 0 Å². The summed E-state index contributed by atoms with van der Waals surface area (Å²) in [4.78, 5) is 7.79. The molecule has 0 unspecified atom stereocenters. The van der Waals surface area contributed by atoms with E-state index in [9.17, 15) is 0 Å². The molecule has 3 aromatic heterocycles. The molecule has 1 radical (unpaired) electrons. The standard InChI is InChI=1S/C18H14NS.C6H5.C5H5N.Ir/c1-12-8-9-16(19-11-12)13(2)10-18-14(3)15-6-4-5-7-17(15)20-18;2*1-2-4-6-5-3-1;/h2,4-11H,3H2,1H3;2*1-5H;/q2*-1;;/b18-10+;;;/i1D3,8D,9D;;;. The topological polar surface area (TPSA) is 25.8 Å². The summed E-state index contributed by atoms with van der Waals surface area (Å²) in [7, 11) is 0. The molecule has 0 saturated carbocycles. The van der Waals surface area contributed by atoms with Crippen LogP contribution in [0.3, 0.4) is 0 Å². The fourth-order valence-corrected chi connectivity index (χ4v) is 3.67. The van der Waals surface area contributed by atoms with Crippen molar-refractivity contribution in [2.24, 2.45) is 0 Å². The average molecular weight is 630 g/mol. The van der Waals surface area contributed by atoms with E-state index < -0.39 is 6.85 Å². The summed E-state index contributed by atoms with van der Waals surface area (Å²) in [6.45, 7) is 7.67. The Labute approximate surface area is 220 Å². The molecule has 0 fully saturated rings. The van der Waals surface area contributed by atoms with Crippen molar-refractivity contribution in [1.82, 2.24) is 9.97 Å². The van der Waals surface area contributed by atoms with Gasteiger partial charge < -0.3 is 4.98 Å². The molecule has 0 saturated heterocycles. The molecule has 4 heteroatoms. The first-order chi connectivity index (χ1) is 17.7. The first-order valence-electron chi connectivity index (χ1n) is 12.2. The Kier molecular flexibility index (Phi) is 8.24. The molecule has 0 amide bonds. The molecule has 33 heavy (non-hydrogen) atoms. The van der Waals surface area contributed by atoms with E-state index in [2.05, 4.69) is 22.6 Å². The van der Waals surface area contributed by atoms with Gasteiger partial charge in [-0.05, 0) is 51.4 Å². The first kappa shape index (κ1) is 19.3. The quantitative estimate of drug-likeness (QED) is 0.228. The molecule has 0 aliphatic carbocycles. The number of fused-ring (bicyclic) bond motifs is 1. The summed E-state index contributed by atoms with van der Waals surface area (Å²) in [5.41, 5.74) is 0.0377. The van der Waals surface area contributed by atoms with Gasteiger partial charge in [0.2, 0.25) is 0 Å². The number of hydrogen-bond donors (Lipinski definition) is 0. The van der Waals surface area contributed by atoms with Gasteiger partial charge in [0.15, 0.2) is 0 Å². The van der Waals surface area contributed by atoms with Gasteiger partial charge in [-0.15, -0.1) is 17.4 Å². The zero-order valence-corrected chi connectivity index (χ0v) is 20.9. The predicted octanol–water partition coefficient (Wildman–Crippen LogP) is 5.88. The second kappa shape index (κ2) is 14.1. The van der Waals surface area contributed by atoms with Gasteiger partial charge in [0.05, 0.1) is 2.74 Å². The minimum absolute atomic E-state index is 0. The number of aromatic nitrogens is 2. The van der Waals surface area contributed by atoms with Crippen LogP contribution in [0.5, 0.6) is 0 Å². The maximum atomic E-state index is 8.04. The number of nitrogens with zero attached hydrogens (tertiary/aromatic N) is 2. The first-order valence-corrected chi connectivity index (χ1v) is 10.6. The Hall–Kier alpha value is -3.17. The van der Waals surface area contributed by atoms with Crippen LogP contribution >= 0.6 is 11.3 Å². The van der Waals surface area contributed by atoms with Crippen molar-refractivity contribution in [3.63, 3.8) is 0 Å². The van der Waals surface area contributed by atoms with Crippen LogP contribution in [0, 0.1) is 19.5 Å². The zero-order chi connectivity index (χ0) is 26.8. The number of hydrogen-bond acceptors (Lipinski definition) is 3. The van der Waals surface area contributed by atoms with Gasteiger partial charge in [-0.2, -0.15) is 42.0 Å². The van der Waals surface area contributed by atoms with E-state index in [1.807, 2.05) is 72.8 Å². The molecular formula is C29H24IrN2S-2. The molecule has 5 rings (SSSR count). The largest absolute Gasteiger partial charge is 0.320 e. The monoisotopic (exact) mass is 630 g/mol. The van der Waals surface area contributed by atoms with Crippen molar-refractivity contribution in [3.8, 4) is 0 Å². The van der Waals surface area contributed by atoms with Crippen LogP contribution in [0.2, 0.25) is 0 Å². The smallest absolute Gasteiger partial charge is 0.0616 e. The fraction of sp³-hybridized carbons (Fsp3) is 0.0345. The summed E-state index contributed by atoms with van der Waals surface area (Å²) in [6.07, 6.45) is 6.27. The summed E-state index contributed by atoms with van der Waals surface area (Å²) in [5.74, 6) is 0. The third-order valence-electron chi connectivity index (χ3n) is 4.10. The van der Waals surface area contributed by atoms with E-state index in [0.717, 1.165) is 26.0 Å². The Morgan fingerprint density at radius 3 is 2.33 bits per heavy atom. The molecule has 0 N–H and O–H groups in total. The molecule has 167 valence electrons. The molecule has 0 atom stereocenters. The van der Waals surface area contributed by atoms with Crippen molar-refractivity contribution in [3.05, 3.63) is 137 Å². The molecular weight excluding hydrogens is 601 g/mol. The van der Waals surface area contributed by atoms with Gasteiger partial charge >= 0.3 is 0 Å². The third kappa shape index (κ3) is 8.36. The molecule has 2 nitrogen and oxygen atoms in total. The summed E-state index contributed by atoms with van der Waals surface area (Å²) < 4.78 is 40.1. The van der Waals surface area contributed by atoms with E-state index in [1.165, 1.54) is 11.3 Å². The molecule has 0 bridgehead atoms. The molecule has 0 aliphatic rings. The number of rotatable bonds is 2. The Morgan fingerprint density at radius 1 is 1.06 bits per heavy atom. The van der Waals surface area contributed by atoms with Gasteiger partial charge in [-0.25, -0.2) is 6.58 Å². The van der Waals surface area contributed by atoms with Crippen LogP contribution in [0.15, 0.2) is 103 Å². The fourth-order valence-electron chi connectivity index (χ4n) is 2.57. The number of benzene rings is 2. The van der Waals surface area contributed by atoms with Crippen molar-refractivity contribution >= 4 is 39.7 Å². The SMILES string of the molecule is [2H]c1c(C([2H])([2H])[2H])cnc(C(=[CH-])/C=c2/sc3ccccc3c2=C)c1[2H].[Ir].[c-]1ccccc1.c1ccncc1. The number of thiophene rings is 1. The number of allylic oxidation sites excluding steroid dienone is 1. The Morgan fingerprint density at radius 2 is 1.79 bits per heavy atom. The van der Waals surface area contributed by atoms with E-state index in [4.69, 9.17) is 13.4 Å². The predicted molar refractivity (Wildman–Crippen MR) is 137 cm³/mol. The van der Waals surface area contributed by atoms with Gasteiger partial charge in [0, 0.05) is 47.5 Å². The second-order valence-electron chi connectivity index (χ2n) is 6.41. The normalized spacial score (nSPS) is 12.7. The summed E-state index contributed by atoms with van der Waals surface area (Å²) in [5, 5.41) is 1.87. The van der Waals surface area contributed by atoms with Crippen molar-refractivity contribution in [2.75, 3.05) is 0 Å². The van der Waals surface area contributed by atoms with Gasteiger partial charge in [-0.3, -0.25) is 4.98 Å². The number of pyridine rings is 2. The van der Waals surface area contributed by atoms with Crippen molar-refractivity contribution < 1.29 is 27.0 Å². The van der Waals surface area contributed by atoms with Crippen LogP contribution in [0.1, 0.15) is 18.1 Å². The van der Waals surface area contributed by atoms with Crippen LogP contribution < -0.4 is 9.75 Å². The molecule has 0 aliphatic heterocycles. The molecule has 2 aromatic carbocycles. The third-order valence-corrected chi connectivity index (χ3v) is 5.26. The summed E-state index contributed by atoms with van der Waals surface area (Å²) in [6, 6.07) is 25.4. The zero-order valence-electron chi connectivity index (χ0n) is 22.7. The average Bonchev–Trinajstić information content (AvgIpc) is 3.22. The van der Waals surface area contributed by atoms with Crippen molar-refractivity contribution in [1.29, 1.82) is 0 Å². The number of aryl methyl sites for hydroxylation is 1. The second-order valence-corrected chi connectivity index (χ2v) is 7.50. The van der Waals surface area contributed by atoms with E-state index >= 15 is 0 Å². The maximum Gasteiger partial charge on any atom is 0.0616 e. The van der Waals surface area contributed by atoms with E-state index in [1.54, 1.807) is 18.5 Å². The van der Waals surface area contributed by atoms with Crippen LogP contribution in [-0.4, -0.2) is 9.97 Å². The van der Waals surface area contributed by atoms with Gasteiger partial charge in [0.1, 0.15) is 0 Å². The minimum Gasteiger partial charge on any atom is -0.320 e. The van der Waals surface area contributed by atoms with Crippen molar-refractivity contribution in [2.45, 2.75) is 6.85 Å². The summed E-state index contributed by atoms with van der Waals surface area (Å²) >= 11 is 1.52. The van der Waals surface area contributed by atoms with E-state index in [-0.39, 0.29) is 49.0 Å².